The summed E-state index contributed by atoms with van der Waals surface area (Å²) >= 11 is 3.42. The second kappa shape index (κ2) is 7.47. The summed E-state index contributed by atoms with van der Waals surface area (Å²) in [5.74, 6) is -1.19. The van der Waals surface area contributed by atoms with E-state index in [0.29, 0.717) is 17.9 Å². The molecule has 6 nitrogen and oxygen atoms in total. The first-order chi connectivity index (χ1) is 12.5. The van der Waals surface area contributed by atoms with Gasteiger partial charge in [0.05, 0.1) is 13.0 Å². The third kappa shape index (κ3) is 3.45. The summed E-state index contributed by atoms with van der Waals surface area (Å²) < 4.78 is 11.7. The number of hydrogen-bond acceptors (Lipinski definition) is 5. The molecule has 7 heteroatoms. The highest BCUT2D eigenvalue weighted by Crippen LogP contribution is 2.55. The van der Waals surface area contributed by atoms with Crippen LogP contribution in [0.1, 0.15) is 17.5 Å². The number of esters is 1. The van der Waals surface area contributed by atoms with Gasteiger partial charge in [0.25, 0.3) is 0 Å². The minimum atomic E-state index is -1.09. The van der Waals surface area contributed by atoms with Gasteiger partial charge in [-0.05, 0) is 41.8 Å². The molecule has 1 saturated carbocycles. The largest absolute Gasteiger partial charge is 0.489 e. The molecule has 2 unspecified atom stereocenters. The molecule has 0 saturated heterocycles. The predicted octanol–water partition coefficient (Wildman–Crippen LogP) is 2.96. The van der Waals surface area contributed by atoms with Gasteiger partial charge in [0.15, 0.2) is 0 Å². The Balaban J connectivity index is 1.81. The highest BCUT2D eigenvalue weighted by atomic mass is 79.9. The van der Waals surface area contributed by atoms with Crippen molar-refractivity contribution in [3.8, 4) is 5.75 Å². The lowest BCUT2D eigenvalue weighted by Crippen LogP contribution is -2.31. The molecule has 2 N–H and O–H groups in total. The van der Waals surface area contributed by atoms with Gasteiger partial charge >= 0.3 is 5.97 Å². The van der Waals surface area contributed by atoms with Crippen molar-refractivity contribution in [3.05, 3.63) is 64.1 Å². The van der Waals surface area contributed by atoms with Crippen LogP contribution in [0.3, 0.4) is 0 Å². The maximum atomic E-state index is 12.3. The molecule has 1 fully saturated rings. The van der Waals surface area contributed by atoms with E-state index in [9.17, 15) is 9.59 Å². The summed E-state index contributed by atoms with van der Waals surface area (Å²) in [6, 6.07) is 14.8. The van der Waals surface area contributed by atoms with Crippen molar-refractivity contribution in [2.75, 3.05) is 7.11 Å². The molecule has 0 heterocycles. The lowest BCUT2D eigenvalue weighted by molar-refractivity contribution is -0.146. The van der Waals surface area contributed by atoms with Crippen molar-refractivity contribution in [1.29, 1.82) is 0 Å². The molecule has 2 aromatic carbocycles. The van der Waals surface area contributed by atoms with Gasteiger partial charge in [0.2, 0.25) is 5.91 Å². The third-order valence-electron chi connectivity index (χ3n) is 4.58. The molecule has 2 atom stereocenters. The predicted molar refractivity (Wildman–Crippen MR) is 96.6 cm³/mol. The van der Waals surface area contributed by atoms with Gasteiger partial charge in [0, 0.05) is 4.47 Å². The molecule has 0 spiro atoms. The Morgan fingerprint density at radius 2 is 2.04 bits per heavy atom. The molecule has 1 amide bonds. The van der Waals surface area contributed by atoms with Crippen LogP contribution in [0.2, 0.25) is 0 Å². The average molecular weight is 420 g/mol. The summed E-state index contributed by atoms with van der Waals surface area (Å²) in [6.07, 6.45) is 0.279. The third-order valence-corrected chi connectivity index (χ3v) is 5.07. The van der Waals surface area contributed by atoms with Gasteiger partial charge < -0.3 is 9.47 Å². The molecule has 0 radical (unpaired) electrons. The molecular weight excluding hydrogens is 402 g/mol. The van der Waals surface area contributed by atoms with Crippen molar-refractivity contribution in [2.45, 2.75) is 18.4 Å². The second-order valence-electron chi connectivity index (χ2n) is 6.14. The van der Waals surface area contributed by atoms with Crippen LogP contribution in [0, 0.1) is 5.92 Å². The number of ether oxygens (including phenoxy) is 2. The Hall–Kier alpha value is -2.38. The van der Waals surface area contributed by atoms with Crippen LogP contribution in [0.15, 0.2) is 53.0 Å². The number of halogens is 1. The summed E-state index contributed by atoms with van der Waals surface area (Å²) in [4.78, 5) is 24.1. The minimum Gasteiger partial charge on any atom is -0.489 e. The fourth-order valence-electron chi connectivity index (χ4n) is 3.16. The molecule has 0 aliphatic heterocycles. The van der Waals surface area contributed by atoms with Crippen molar-refractivity contribution < 1.29 is 24.3 Å². The number of amides is 1. The standard InChI is InChI=1S/C19H18BrNO5/c1-25-18(23)19(10-16(19)17(22)21-24)13-5-3-7-15(9-13)26-11-12-4-2-6-14(20)8-12/h2-9,16,24H,10-11H2,1H3,(H,21,22). The summed E-state index contributed by atoms with van der Waals surface area (Å²) in [6.45, 7) is 0.370. The number of methoxy groups -OCH3 is 1. The van der Waals surface area contributed by atoms with Gasteiger partial charge in [-0.2, -0.15) is 0 Å². The van der Waals surface area contributed by atoms with Crippen LogP contribution in [0.4, 0.5) is 0 Å². The maximum Gasteiger partial charge on any atom is 0.317 e. The molecule has 2 aromatic rings. The van der Waals surface area contributed by atoms with Crippen molar-refractivity contribution >= 4 is 27.8 Å². The Labute approximate surface area is 159 Å². The SMILES string of the molecule is COC(=O)C1(c2cccc(OCc3cccc(Br)c3)c2)CC1C(=O)NO. The second-order valence-corrected chi connectivity index (χ2v) is 7.06. The molecule has 3 rings (SSSR count). The quantitative estimate of drug-likeness (QED) is 0.427. The average Bonchev–Trinajstić information content (AvgIpc) is 3.42. The molecule has 0 bridgehead atoms. The number of hydroxylamine groups is 1. The zero-order valence-electron chi connectivity index (χ0n) is 14.1. The number of nitrogens with one attached hydrogen (secondary N) is 1. The fraction of sp³-hybridized carbons (Fsp3) is 0.263. The highest BCUT2D eigenvalue weighted by molar-refractivity contribution is 9.10. The highest BCUT2D eigenvalue weighted by Gasteiger charge is 2.65. The van der Waals surface area contributed by atoms with E-state index in [1.165, 1.54) is 7.11 Å². The number of carbonyl (C=O) groups is 2. The lowest BCUT2D eigenvalue weighted by Gasteiger charge is -2.16. The van der Waals surface area contributed by atoms with Crippen molar-refractivity contribution in [1.82, 2.24) is 5.48 Å². The van der Waals surface area contributed by atoms with E-state index in [4.69, 9.17) is 14.7 Å². The smallest absolute Gasteiger partial charge is 0.317 e. The number of hydrogen-bond donors (Lipinski definition) is 2. The first kappa shape index (κ1) is 18.4. The lowest BCUT2D eigenvalue weighted by atomic mass is 9.92. The zero-order chi connectivity index (χ0) is 18.7. The summed E-state index contributed by atoms with van der Waals surface area (Å²) in [5.41, 5.74) is 2.15. The van der Waals surface area contributed by atoms with E-state index >= 15 is 0 Å². The van der Waals surface area contributed by atoms with Gasteiger partial charge in [0.1, 0.15) is 17.8 Å². The van der Waals surface area contributed by atoms with Crippen LogP contribution in [0.25, 0.3) is 0 Å². The summed E-state index contributed by atoms with van der Waals surface area (Å²) in [5, 5.41) is 8.89. The Kier molecular flexibility index (Phi) is 5.29. The van der Waals surface area contributed by atoms with Gasteiger partial charge in [-0.1, -0.05) is 40.2 Å². The molecule has 26 heavy (non-hydrogen) atoms. The van der Waals surface area contributed by atoms with Gasteiger partial charge in [-0.25, -0.2) is 5.48 Å². The van der Waals surface area contributed by atoms with E-state index in [1.807, 2.05) is 24.3 Å². The maximum absolute atomic E-state index is 12.3. The van der Waals surface area contributed by atoms with Crippen LogP contribution in [0.5, 0.6) is 5.75 Å². The monoisotopic (exact) mass is 419 g/mol. The van der Waals surface area contributed by atoms with E-state index in [0.717, 1.165) is 10.0 Å². The number of rotatable bonds is 6. The molecule has 136 valence electrons. The van der Waals surface area contributed by atoms with Crippen LogP contribution in [-0.4, -0.2) is 24.2 Å². The Morgan fingerprint density at radius 3 is 2.73 bits per heavy atom. The Bertz CT molecular complexity index is 840. The van der Waals surface area contributed by atoms with Crippen molar-refractivity contribution in [2.24, 2.45) is 5.92 Å². The molecular formula is C19H18BrNO5. The minimum absolute atomic E-state index is 0.279. The van der Waals surface area contributed by atoms with E-state index in [1.54, 1.807) is 29.7 Å². The zero-order valence-corrected chi connectivity index (χ0v) is 15.7. The van der Waals surface area contributed by atoms with Crippen LogP contribution >= 0.6 is 15.9 Å². The summed E-state index contributed by atoms with van der Waals surface area (Å²) in [7, 11) is 1.28. The van der Waals surface area contributed by atoms with E-state index < -0.39 is 23.2 Å². The van der Waals surface area contributed by atoms with Crippen LogP contribution < -0.4 is 10.2 Å². The Morgan fingerprint density at radius 1 is 1.27 bits per heavy atom. The first-order valence-electron chi connectivity index (χ1n) is 8.01. The number of carbonyl (C=O) groups excluding carboxylic acids is 2. The van der Waals surface area contributed by atoms with Crippen LogP contribution in [-0.2, 0) is 26.3 Å². The first-order valence-corrected chi connectivity index (χ1v) is 8.80. The normalized spacial score (nSPS) is 21.0. The number of benzene rings is 2. The van der Waals surface area contributed by atoms with Crippen molar-refractivity contribution in [3.63, 3.8) is 0 Å². The molecule has 1 aliphatic carbocycles. The molecule has 1 aliphatic rings. The van der Waals surface area contributed by atoms with E-state index in [2.05, 4.69) is 15.9 Å². The topological polar surface area (TPSA) is 84.9 Å². The fourth-order valence-corrected chi connectivity index (χ4v) is 3.61. The van der Waals surface area contributed by atoms with Gasteiger partial charge in [-0.3, -0.25) is 14.8 Å². The molecule has 0 aromatic heterocycles. The van der Waals surface area contributed by atoms with Gasteiger partial charge in [-0.15, -0.1) is 0 Å². The van der Waals surface area contributed by atoms with E-state index in [-0.39, 0.29) is 6.42 Å².